The second-order valence-electron chi connectivity index (χ2n) is 6.57. The lowest BCUT2D eigenvalue weighted by Gasteiger charge is -2.20. The molecule has 1 atom stereocenters. The van der Waals surface area contributed by atoms with Crippen LogP contribution in [0, 0.1) is 6.92 Å². The maximum atomic E-state index is 10.9. The Morgan fingerprint density at radius 1 is 0.846 bits per heavy atom. The first kappa shape index (κ1) is 16.3. The number of fused-ring (bicyclic) bond motifs is 1. The average molecular weight is 340 g/mol. The Hall–Kier alpha value is -3.20. The van der Waals surface area contributed by atoms with Gasteiger partial charge >= 0.3 is 0 Å². The zero-order valence-electron chi connectivity index (χ0n) is 14.6. The molecule has 2 heterocycles. The van der Waals surface area contributed by atoms with E-state index in [-0.39, 0.29) is 11.7 Å². The van der Waals surface area contributed by atoms with E-state index in [1.165, 1.54) is 5.56 Å². The van der Waals surface area contributed by atoms with Crippen LogP contribution in [0.2, 0.25) is 0 Å². The van der Waals surface area contributed by atoms with E-state index < -0.39 is 0 Å². The lowest BCUT2D eigenvalue weighted by Crippen LogP contribution is -2.07. The van der Waals surface area contributed by atoms with E-state index in [1.54, 1.807) is 6.20 Å². The monoisotopic (exact) mass is 340 g/mol. The van der Waals surface area contributed by atoms with Gasteiger partial charge in [0, 0.05) is 41.4 Å². The summed E-state index contributed by atoms with van der Waals surface area (Å²) in [5.74, 6) is 0.265. The maximum Gasteiger partial charge on any atom is 0.145 e. The molecular formula is C23H20N2O. The molecule has 4 rings (SSSR count). The second kappa shape index (κ2) is 6.96. The fraction of sp³-hybridized carbons (Fsp3) is 0.130. The Labute approximate surface area is 153 Å². The summed E-state index contributed by atoms with van der Waals surface area (Å²) < 4.78 is 0. The minimum absolute atomic E-state index is 0.0110. The molecule has 0 aliphatic heterocycles. The first-order valence-corrected chi connectivity index (χ1v) is 8.75. The van der Waals surface area contributed by atoms with Crippen molar-refractivity contribution in [3.05, 3.63) is 102 Å². The number of nitrogens with zero attached hydrogens (tertiary/aromatic N) is 2. The highest BCUT2D eigenvalue weighted by molar-refractivity contribution is 5.85. The summed E-state index contributed by atoms with van der Waals surface area (Å²) in [6, 6.07) is 22.3. The van der Waals surface area contributed by atoms with Crippen LogP contribution in [0.3, 0.4) is 0 Å². The van der Waals surface area contributed by atoms with Gasteiger partial charge in [-0.05, 0) is 30.7 Å². The summed E-state index contributed by atoms with van der Waals surface area (Å²) in [7, 11) is 0. The zero-order chi connectivity index (χ0) is 17.9. The third-order valence-corrected chi connectivity index (χ3v) is 4.77. The van der Waals surface area contributed by atoms with Crippen molar-refractivity contribution in [3.63, 3.8) is 0 Å². The van der Waals surface area contributed by atoms with Crippen molar-refractivity contribution < 1.29 is 5.11 Å². The highest BCUT2D eigenvalue weighted by atomic mass is 16.3. The summed E-state index contributed by atoms with van der Waals surface area (Å²) in [4.78, 5) is 8.85. The average Bonchev–Trinajstić information content (AvgIpc) is 2.69. The van der Waals surface area contributed by atoms with Crippen molar-refractivity contribution in [2.75, 3.05) is 0 Å². The molecular weight excluding hydrogens is 320 g/mol. The topological polar surface area (TPSA) is 46.0 Å². The van der Waals surface area contributed by atoms with Gasteiger partial charge in [-0.15, -0.1) is 0 Å². The molecule has 0 amide bonds. The van der Waals surface area contributed by atoms with Crippen molar-refractivity contribution in [2.45, 2.75) is 19.3 Å². The van der Waals surface area contributed by atoms with Gasteiger partial charge in [0.1, 0.15) is 11.3 Å². The molecule has 0 fully saturated rings. The largest absolute Gasteiger partial charge is 0.505 e. The van der Waals surface area contributed by atoms with Gasteiger partial charge in [0.2, 0.25) is 0 Å². The zero-order valence-corrected chi connectivity index (χ0v) is 14.6. The van der Waals surface area contributed by atoms with Crippen LogP contribution in [0.1, 0.15) is 28.3 Å². The van der Waals surface area contributed by atoms with E-state index in [0.717, 1.165) is 28.6 Å². The summed E-state index contributed by atoms with van der Waals surface area (Å²) >= 11 is 0. The van der Waals surface area contributed by atoms with Gasteiger partial charge in [-0.2, -0.15) is 0 Å². The summed E-state index contributed by atoms with van der Waals surface area (Å²) in [5, 5.41) is 11.9. The molecule has 0 spiro atoms. The van der Waals surface area contributed by atoms with Gasteiger partial charge in [0.25, 0.3) is 0 Å². The fourth-order valence-corrected chi connectivity index (χ4v) is 3.36. The number of pyridine rings is 2. The van der Waals surface area contributed by atoms with E-state index in [1.807, 2.05) is 48.7 Å². The number of benzene rings is 2. The predicted molar refractivity (Wildman–Crippen MR) is 104 cm³/mol. The van der Waals surface area contributed by atoms with Crippen molar-refractivity contribution >= 4 is 10.9 Å². The standard InChI is InChI=1S/C23H20N2O/c1-16-7-9-17(10-8-16)21(15-19-6-2-3-13-24-19)20-12-11-18-5-4-14-25-22(18)23(20)26/h2-14,21,26H,15H2,1H3. The van der Waals surface area contributed by atoms with Gasteiger partial charge in [0.15, 0.2) is 0 Å². The Morgan fingerprint density at radius 3 is 2.42 bits per heavy atom. The summed E-state index contributed by atoms with van der Waals surface area (Å²) in [6.07, 6.45) is 4.24. The van der Waals surface area contributed by atoms with Crippen LogP contribution in [0.25, 0.3) is 10.9 Å². The van der Waals surface area contributed by atoms with E-state index in [4.69, 9.17) is 0 Å². The minimum atomic E-state index is 0.0110. The highest BCUT2D eigenvalue weighted by Gasteiger charge is 2.20. The molecule has 3 nitrogen and oxygen atoms in total. The fourth-order valence-electron chi connectivity index (χ4n) is 3.36. The van der Waals surface area contributed by atoms with Crippen LogP contribution in [0.5, 0.6) is 5.75 Å². The Bertz CT molecular complexity index is 1030. The van der Waals surface area contributed by atoms with Gasteiger partial charge in [-0.1, -0.05) is 54.1 Å². The molecule has 0 bridgehead atoms. The molecule has 0 saturated carbocycles. The van der Waals surface area contributed by atoms with E-state index in [0.29, 0.717) is 5.52 Å². The summed E-state index contributed by atoms with van der Waals surface area (Å²) in [6.45, 7) is 2.08. The van der Waals surface area contributed by atoms with Crippen molar-refractivity contribution in [3.8, 4) is 5.75 Å². The normalized spacial score (nSPS) is 12.2. The van der Waals surface area contributed by atoms with Crippen LogP contribution in [0.4, 0.5) is 0 Å². The van der Waals surface area contributed by atoms with Crippen molar-refractivity contribution in [1.29, 1.82) is 0 Å². The number of hydrogen-bond acceptors (Lipinski definition) is 3. The molecule has 1 N–H and O–H groups in total. The van der Waals surface area contributed by atoms with Crippen LogP contribution >= 0.6 is 0 Å². The lowest BCUT2D eigenvalue weighted by atomic mass is 9.86. The van der Waals surface area contributed by atoms with Crippen LogP contribution in [-0.2, 0) is 6.42 Å². The van der Waals surface area contributed by atoms with Gasteiger partial charge in [-0.3, -0.25) is 9.97 Å². The maximum absolute atomic E-state index is 10.9. The summed E-state index contributed by atoms with van der Waals surface area (Å²) in [5.41, 5.74) is 4.90. The SMILES string of the molecule is Cc1ccc(C(Cc2ccccn2)c2ccc3cccnc3c2O)cc1. The molecule has 2 aromatic heterocycles. The number of phenolic OH excluding ortho intramolecular Hbond substituents is 1. The second-order valence-corrected chi connectivity index (χ2v) is 6.57. The Morgan fingerprint density at radius 2 is 1.65 bits per heavy atom. The molecule has 1 unspecified atom stereocenters. The first-order chi connectivity index (χ1) is 12.7. The first-order valence-electron chi connectivity index (χ1n) is 8.75. The Kier molecular flexibility index (Phi) is 4.36. The number of aromatic hydroxyl groups is 1. The number of phenols is 1. The van der Waals surface area contributed by atoms with E-state index >= 15 is 0 Å². The van der Waals surface area contributed by atoms with Gasteiger partial charge < -0.3 is 5.11 Å². The van der Waals surface area contributed by atoms with Crippen LogP contribution in [0.15, 0.2) is 79.1 Å². The third-order valence-electron chi connectivity index (χ3n) is 4.77. The van der Waals surface area contributed by atoms with E-state index in [9.17, 15) is 5.11 Å². The quantitative estimate of drug-likeness (QED) is 0.567. The van der Waals surface area contributed by atoms with Gasteiger partial charge in [-0.25, -0.2) is 0 Å². The molecule has 3 heteroatoms. The van der Waals surface area contributed by atoms with Crippen LogP contribution < -0.4 is 0 Å². The van der Waals surface area contributed by atoms with E-state index in [2.05, 4.69) is 41.2 Å². The molecule has 2 aromatic carbocycles. The minimum Gasteiger partial charge on any atom is -0.505 e. The number of aryl methyl sites for hydroxylation is 1. The molecule has 0 saturated heterocycles. The van der Waals surface area contributed by atoms with Gasteiger partial charge in [0.05, 0.1) is 0 Å². The molecule has 26 heavy (non-hydrogen) atoms. The molecule has 0 radical (unpaired) electrons. The lowest BCUT2D eigenvalue weighted by molar-refractivity contribution is 0.469. The highest BCUT2D eigenvalue weighted by Crippen LogP contribution is 2.37. The number of rotatable bonds is 4. The number of hydrogen-bond donors (Lipinski definition) is 1. The molecule has 4 aromatic rings. The predicted octanol–water partition coefficient (Wildman–Crippen LogP) is 5.02. The molecule has 0 aliphatic rings. The molecule has 128 valence electrons. The number of aromatic nitrogens is 2. The Balaban J connectivity index is 1.84. The van der Waals surface area contributed by atoms with Crippen molar-refractivity contribution in [1.82, 2.24) is 9.97 Å². The smallest absolute Gasteiger partial charge is 0.145 e. The van der Waals surface area contributed by atoms with Crippen molar-refractivity contribution in [2.24, 2.45) is 0 Å². The van der Waals surface area contributed by atoms with Crippen LogP contribution in [-0.4, -0.2) is 15.1 Å². The third kappa shape index (κ3) is 3.16. The molecule has 0 aliphatic carbocycles.